The fraction of sp³-hybridized carbons (Fsp3) is 0.745. The van der Waals surface area contributed by atoms with Gasteiger partial charge < -0.3 is 74.7 Å². The molecule has 6 N–H and O–H groups in total. The van der Waals surface area contributed by atoms with Crippen LogP contribution in [0.25, 0.3) is 10.9 Å². The van der Waals surface area contributed by atoms with Gasteiger partial charge in [-0.1, -0.05) is 26.7 Å². The third-order valence-corrected chi connectivity index (χ3v) is 12.3. The SMILES string of the molecule is CC[C@H](C)[C@H](NC(=O)CCCCCNC(=O)CCOCCOCCOCCOCCOCCOCCOCCOC)C(=O)N[C@@H](CCCCN)C(=O)N1CCN(c2ccc3ncn(CC(=O)NC)c(=O)c3c2)CC1. The highest BCUT2D eigenvalue weighted by molar-refractivity contribution is 5.92. The smallest absolute Gasteiger partial charge is 0.261 e. The minimum atomic E-state index is -0.826. The second-order valence-corrected chi connectivity index (χ2v) is 17.8. The van der Waals surface area contributed by atoms with Gasteiger partial charge in [0.25, 0.3) is 5.56 Å². The largest absolute Gasteiger partial charge is 0.382 e. The van der Waals surface area contributed by atoms with Crippen LogP contribution in [0.2, 0.25) is 0 Å². The molecule has 1 aliphatic heterocycles. The average molecular weight is 1050 g/mol. The maximum absolute atomic E-state index is 14.0. The number of fused-ring (bicyclic) bond motifs is 1. The summed E-state index contributed by atoms with van der Waals surface area (Å²) < 4.78 is 44.4. The second kappa shape index (κ2) is 39.5. The number of rotatable bonds is 43. The quantitative estimate of drug-likeness (QED) is 0.0574. The Hall–Kier alpha value is -4.85. The topological polar surface area (TPSA) is 275 Å². The average Bonchev–Trinajstić information content (AvgIpc) is 3.41. The lowest BCUT2D eigenvalue weighted by Gasteiger charge is -2.38. The van der Waals surface area contributed by atoms with Crippen LogP contribution in [0, 0.1) is 5.92 Å². The number of methoxy groups -OCH3 is 1. The number of amides is 5. The molecule has 23 nitrogen and oxygen atoms in total. The molecule has 3 atom stereocenters. The first-order valence-corrected chi connectivity index (χ1v) is 26.4. The molecule has 0 radical (unpaired) electrons. The summed E-state index contributed by atoms with van der Waals surface area (Å²) in [6.07, 6.45) is 6.15. The molecule has 23 heteroatoms. The van der Waals surface area contributed by atoms with Gasteiger partial charge in [0.05, 0.1) is 116 Å². The van der Waals surface area contributed by atoms with Crippen molar-refractivity contribution in [1.82, 2.24) is 35.7 Å². The molecule has 3 rings (SSSR count). The van der Waals surface area contributed by atoms with Crippen molar-refractivity contribution in [3.63, 3.8) is 0 Å². The van der Waals surface area contributed by atoms with Crippen LogP contribution in [0.4, 0.5) is 5.69 Å². The fourth-order valence-corrected chi connectivity index (χ4v) is 7.69. The molecule has 1 aliphatic rings. The Balaban J connectivity index is 1.25. The van der Waals surface area contributed by atoms with Crippen LogP contribution < -0.4 is 37.5 Å². The number of nitrogens with one attached hydrogen (secondary N) is 4. The number of aromatic nitrogens is 2. The molecule has 0 saturated carbocycles. The standard InChI is InChI=1S/C51H87N9O14/c1-5-40(2)48(49(64)56-44(11-8-9-16-52)51(66)59-20-18-58(19-21-59)41-13-14-43-42(37-41)50(65)60(39-55-43)38-47(63)53-3)57-46(62)12-7-6-10-17-54-45(61)15-22-68-25-26-70-29-30-72-33-34-74-36-35-73-32-31-71-28-27-69-24-23-67-4/h13-14,37,39-40,44,48H,5-12,15-36,38,52H2,1-4H3,(H,53,63)(H,54,61)(H,56,64)(H,57,62)/t40-,44-,48-/m0/s1. The number of carbonyl (C=O) groups excluding carboxylic acids is 5. The molecule has 1 saturated heterocycles. The molecule has 1 fully saturated rings. The molecule has 0 aliphatic carbocycles. The van der Waals surface area contributed by atoms with Crippen molar-refractivity contribution < 1.29 is 61.9 Å². The van der Waals surface area contributed by atoms with Gasteiger partial charge in [-0.15, -0.1) is 0 Å². The van der Waals surface area contributed by atoms with Crippen molar-refractivity contribution in [2.75, 3.05) is 157 Å². The summed E-state index contributed by atoms with van der Waals surface area (Å²) in [4.78, 5) is 86.6. The van der Waals surface area contributed by atoms with E-state index in [1.165, 1.54) is 17.9 Å². The van der Waals surface area contributed by atoms with E-state index in [4.69, 9.17) is 43.6 Å². The van der Waals surface area contributed by atoms with Crippen molar-refractivity contribution in [2.24, 2.45) is 11.7 Å². The maximum atomic E-state index is 14.0. The van der Waals surface area contributed by atoms with E-state index < -0.39 is 18.0 Å². The summed E-state index contributed by atoms with van der Waals surface area (Å²) in [5.74, 6) is -1.46. The van der Waals surface area contributed by atoms with Crippen molar-refractivity contribution in [2.45, 2.75) is 90.3 Å². The van der Waals surface area contributed by atoms with Gasteiger partial charge in [0, 0.05) is 65.4 Å². The van der Waals surface area contributed by atoms with Gasteiger partial charge in [0.1, 0.15) is 18.6 Å². The van der Waals surface area contributed by atoms with Crippen molar-refractivity contribution >= 4 is 46.1 Å². The zero-order valence-electron chi connectivity index (χ0n) is 44.5. The molecule has 0 spiro atoms. The lowest BCUT2D eigenvalue weighted by atomic mass is 9.97. The minimum Gasteiger partial charge on any atom is -0.382 e. The summed E-state index contributed by atoms with van der Waals surface area (Å²) in [5, 5.41) is 11.7. The lowest BCUT2D eigenvalue weighted by molar-refractivity contribution is -0.138. The number of anilines is 1. The van der Waals surface area contributed by atoms with Gasteiger partial charge in [-0.25, -0.2) is 4.98 Å². The summed E-state index contributed by atoms with van der Waals surface area (Å²) in [6.45, 7) is 13.4. The number of nitrogens with two attached hydrogens (primary N) is 1. The number of piperazine rings is 1. The van der Waals surface area contributed by atoms with E-state index in [1.54, 1.807) is 24.1 Å². The van der Waals surface area contributed by atoms with Crippen LogP contribution >= 0.6 is 0 Å². The van der Waals surface area contributed by atoms with E-state index in [-0.39, 0.29) is 61.1 Å². The molecule has 0 unspecified atom stereocenters. The molecule has 1 aromatic carbocycles. The highest BCUT2D eigenvalue weighted by Crippen LogP contribution is 2.21. The van der Waals surface area contributed by atoms with Crippen LogP contribution in [0.3, 0.4) is 0 Å². The summed E-state index contributed by atoms with van der Waals surface area (Å²) in [7, 11) is 3.14. The van der Waals surface area contributed by atoms with Gasteiger partial charge in [-0.05, 0) is 62.8 Å². The molecule has 0 bridgehead atoms. The number of likely N-dealkylation sites (N-methyl/N-ethyl adjacent to an activating group) is 1. The first kappa shape index (κ1) is 63.4. The molecular weight excluding hydrogens is 963 g/mol. The molecular formula is C51H87N9O14. The zero-order valence-corrected chi connectivity index (χ0v) is 44.5. The third kappa shape index (κ3) is 26.1. The number of hydrogen-bond acceptors (Lipinski definition) is 17. The predicted octanol–water partition coefficient (Wildman–Crippen LogP) is 0.765. The van der Waals surface area contributed by atoms with Crippen LogP contribution in [-0.4, -0.2) is 209 Å². The third-order valence-electron chi connectivity index (χ3n) is 12.3. The minimum absolute atomic E-state index is 0.117. The zero-order chi connectivity index (χ0) is 53.6. The van der Waals surface area contributed by atoms with E-state index in [0.717, 1.165) is 5.69 Å². The maximum Gasteiger partial charge on any atom is 0.261 e. The number of hydrogen-bond donors (Lipinski definition) is 5. The van der Waals surface area contributed by atoms with Crippen LogP contribution in [0.15, 0.2) is 29.3 Å². The van der Waals surface area contributed by atoms with Crippen LogP contribution in [-0.2, 0) is 68.4 Å². The van der Waals surface area contributed by atoms with E-state index in [2.05, 4.69) is 31.2 Å². The molecule has 2 aromatic rings. The number of benzene rings is 1. The Morgan fingerprint density at radius 1 is 0.689 bits per heavy atom. The van der Waals surface area contributed by atoms with Gasteiger partial charge in [0.2, 0.25) is 29.5 Å². The van der Waals surface area contributed by atoms with Gasteiger partial charge in [-0.2, -0.15) is 0 Å². The number of ether oxygens (including phenoxy) is 8. The normalized spacial score (nSPS) is 13.9. The van der Waals surface area contributed by atoms with Crippen LogP contribution in [0.5, 0.6) is 0 Å². The first-order chi connectivity index (χ1) is 36.0. The molecule has 1 aromatic heterocycles. The fourth-order valence-electron chi connectivity index (χ4n) is 7.69. The van der Waals surface area contributed by atoms with Crippen molar-refractivity contribution in [1.29, 1.82) is 0 Å². The Bertz CT molecular complexity index is 1950. The lowest BCUT2D eigenvalue weighted by Crippen LogP contribution is -2.58. The van der Waals surface area contributed by atoms with Crippen molar-refractivity contribution in [3.05, 3.63) is 34.9 Å². The first-order valence-electron chi connectivity index (χ1n) is 26.4. The number of nitrogens with zero attached hydrogens (tertiary/aromatic N) is 4. The predicted molar refractivity (Wildman–Crippen MR) is 279 cm³/mol. The van der Waals surface area contributed by atoms with E-state index in [0.29, 0.717) is 188 Å². The van der Waals surface area contributed by atoms with E-state index in [9.17, 15) is 28.8 Å². The summed E-state index contributed by atoms with van der Waals surface area (Å²) >= 11 is 0. The molecule has 2 heterocycles. The van der Waals surface area contributed by atoms with Gasteiger partial charge >= 0.3 is 0 Å². The Morgan fingerprint density at radius 2 is 1.27 bits per heavy atom. The molecule has 420 valence electrons. The van der Waals surface area contributed by atoms with Gasteiger partial charge in [-0.3, -0.25) is 33.3 Å². The second-order valence-electron chi connectivity index (χ2n) is 17.8. The molecule has 5 amide bonds. The monoisotopic (exact) mass is 1050 g/mol. The highest BCUT2D eigenvalue weighted by Gasteiger charge is 2.33. The van der Waals surface area contributed by atoms with E-state index in [1.807, 2.05) is 19.9 Å². The number of carbonyl (C=O) groups is 5. The van der Waals surface area contributed by atoms with Crippen molar-refractivity contribution in [3.8, 4) is 0 Å². The van der Waals surface area contributed by atoms with Gasteiger partial charge in [0.15, 0.2) is 0 Å². The Morgan fingerprint density at radius 3 is 1.82 bits per heavy atom. The van der Waals surface area contributed by atoms with Crippen LogP contribution in [0.1, 0.15) is 71.6 Å². The summed E-state index contributed by atoms with van der Waals surface area (Å²) in [6, 6.07) is 3.81. The van der Waals surface area contributed by atoms with E-state index >= 15 is 0 Å². The number of unbranched alkanes of at least 4 members (excludes halogenated alkanes) is 3. The molecule has 74 heavy (non-hydrogen) atoms. The Kier molecular flexibility index (Phi) is 33.9. The Labute approximate surface area is 436 Å². The highest BCUT2D eigenvalue weighted by atomic mass is 16.6. The summed E-state index contributed by atoms with van der Waals surface area (Å²) in [5.41, 5.74) is 6.78.